The zero-order valence-electron chi connectivity index (χ0n) is 12.1. The molecule has 1 aromatic carbocycles. The van der Waals surface area contributed by atoms with Crippen molar-refractivity contribution in [2.75, 3.05) is 6.54 Å². The number of fused-ring (bicyclic) bond motifs is 1. The summed E-state index contributed by atoms with van der Waals surface area (Å²) in [5.41, 5.74) is 0.348. The average Bonchev–Trinajstić information content (AvgIpc) is 2.97. The van der Waals surface area contributed by atoms with Gasteiger partial charge in [-0.15, -0.1) is 0 Å². The lowest BCUT2D eigenvalue weighted by molar-refractivity contribution is -0.384. The second-order valence-electron chi connectivity index (χ2n) is 5.41. The van der Waals surface area contributed by atoms with Gasteiger partial charge in [0.15, 0.2) is 5.69 Å². The van der Waals surface area contributed by atoms with E-state index in [2.05, 4.69) is 10.2 Å². The molecule has 9 nitrogen and oxygen atoms in total. The number of nitro benzene ring substituents is 1. The molecule has 1 aliphatic rings. The summed E-state index contributed by atoms with van der Waals surface area (Å²) in [6.07, 6.45) is 1.86. The predicted molar refractivity (Wildman–Crippen MR) is 79.1 cm³/mol. The Balaban J connectivity index is 2.01. The highest BCUT2D eigenvalue weighted by Crippen LogP contribution is 2.25. The Hall–Kier alpha value is -2.97. The van der Waals surface area contributed by atoms with E-state index in [0.717, 1.165) is 12.8 Å². The number of piperidine rings is 1. The van der Waals surface area contributed by atoms with Crippen LogP contribution in [-0.2, 0) is 4.79 Å². The number of amides is 1. The number of hydrogen-bond donors (Lipinski definition) is 2. The largest absolute Gasteiger partial charge is 0.480 e. The summed E-state index contributed by atoms with van der Waals surface area (Å²) < 4.78 is 0. The van der Waals surface area contributed by atoms with Gasteiger partial charge in [-0.05, 0) is 25.3 Å². The van der Waals surface area contributed by atoms with Crippen LogP contribution < -0.4 is 0 Å². The number of rotatable bonds is 3. The van der Waals surface area contributed by atoms with E-state index in [4.69, 9.17) is 0 Å². The first-order chi connectivity index (χ1) is 11.0. The Bertz CT molecular complexity index is 800. The van der Waals surface area contributed by atoms with Crippen LogP contribution in [0.4, 0.5) is 5.69 Å². The molecule has 1 amide bonds. The van der Waals surface area contributed by atoms with E-state index in [-0.39, 0.29) is 11.4 Å². The molecule has 120 valence electrons. The van der Waals surface area contributed by atoms with E-state index < -0.39 is 22.8 Å². The average molecular weight is 318 g/mol. The van der Waals surface area contributed by atoms with Crippen molar-refractivity contribution in [2.45, 2.75) is 25.3 Å². The molecule has 0 saturated carbocycles. The summed E-state index contributed by atoms with van der Waals surface area (Å²) in [6, 6.07) is 3.17. The van der Waals surface area contributed by atoms with Crippen molar-refractivity contribution >= 4 is 28.5 Å². The number of aromatic amines is 1. The highest BCUT2D eigenvalue weighted by Gasteiger charge is 2.34. The van der Waals surface area contributed by atoms with Gasteiger partial charge in [0.05, 0.1) is 10.4 Å². The maximum Gasteiger partial charge on any atom is 0.326 e. The number of nitrogens with one attached hydrogen (secondary N) is 1. The lowest BCUT2D eigenvalue weighted by Crippen LogP contribution is -2.48. The molecular weight excluding hydrogens is 304 g/mol. The Morgan fingerprint density at radius 2 is 2.17 bits per heavy atom. The van der Waals surface area contributed by atoms with Crippen molar-refractivity contribution in [3.63, 3.8) is 0 Å². The number of benzene rings is 1. The molecule has 1 unspecified atom stereocenters. The van der Waals surface area contributed by atoms with Gasteiger partial charge in [0, 0.05) is 24.1 Å². The van der Waals surface area contributed by atoms with Gasteiger partial charge < -0.3 is 10.0 Å². The first kappa shape index (κ1) is 14.9. The number of aliphatic carboxylic acids is 1. The molecule has 1 aliphatic heterocycles. The Kier molecular flexibility index (Phi) is 3.68. The highest BCUT2D eigenvalue weighted by molar-refractivity contribution is 6.06. The minimum Gasteiger partial charge on any atom is -0.480 e. The Morgan fingerprint density at radius 3 is 2.87 bits per heavy atom. The SMILES string of the molecule is O=C(O)C1CCCCN1C(=O)c1n[nH]c2ccc([N+](=O)[O-])cc12. The summed E-state index contributed by atoms with van der Waals surface area (Å²) >= 11 is 0. The molecule has 3 rings (SSSR count). The standard InChI is InChI=1S/C14H14N4O5/c19-13(17-6-2-1-3-11(17)14(20)21)12-9-7-8(18(22)23)4-5-10(9)15-16-12/h4-5,7,11H,1-3,6H2,(H,15,16)(H,20,21). The quantitative estimate of drug-likeness (QED) is 0.652. The fourth-order valence-corrected chi connectivity index (χ4v) is 2.85. The monoisotopic (exact) mass is 318 g/mol. The van der Waals surface area contributed by atoms with Gasteiger partial charge >= 0.3 is 5.97 Å². The van der Waals surface area contributed by atoms with Gasteiger partial charge in [0.1, 0.15) is 6.04 Å². The van der Waals surface area contributed by atoms with Crippen LogP contribution in [0.3, 0.4) is 0 Å². The number of aromatic nitrogens is 2. The second-order valence-corrected chi connectivity index (χ2v) is 5.41. The molecule has 0 bridgehead atoms. The lowest BCUT2D eigenvalue weighted by atomic mass is 10.0. The van der Waals surface area contributed by atoms with Crippen molar-refractivity contribution in [3.05, 3.63) is 34.0 Å². The van der Waals surface area contributed by atoms with E-state index in [0.29, 0.717) is 23.9 Å². The van der Waals surface area contributed by atoms with Gasteiger partial charge in [-0.3, -0.25) is 20.0 Å². The zero-order chi connectivity index (χ0) is 16.6. The molecular formula is C14H14N4O5. The number of hydrogen-bond acceptors (Lipinski definition) is 5. The molecule has 0 radical (unpaired) electrons. The van der Waals surface area contributed by atoms with Crippen molar-refractivity contribution in [2.24, 2.45) is 0 Å². The lowest BCUT2D eigenvalue weighted by Gasteiger charge is -2.32. The van der Waals surface area contributed by atoms with Crippen LogP contribution in [-0.4, -0.2) is 49.6 Å². The maximum atomic E-state index is 12.7. The summed E-state index contributed by atoms with van der Waals surface area (Å²) in [5, 5.41) is 27.1. The van der Waals surface area contributed by atoms with Gasteiger partial charge in [-0.2, -0.15) is 5.10 Å². The van der Waals surface area contributed by atoms with Crippen LogP contribution in [0, 0.1) is 10.1 Å². The molecule has 9 heteroatoms. The molecule has 1 aromatic heterocycles. The van der Waals surface area contributed by atoms with Crippen LogP contribution in [0.5, 0.6) is 0 Å². The molecule has 0 aliphatic carbocycles. The number of nitrogens with zero attached hydrogens (tertiary/aromatic N) is 3. The third-order valence-corrected chi connectivity index (χ3v) is 4.01. The van der Waals surface area contributed by atoms with Gasteiger partial charge in [0.25, 0.3) is 11.6 Å². The van der Waals surface area contributed by atoms with Crippen LogP contribution >= 0.6 is 0 Å². The van der Waals surface area contributed by atoms with E-state index in [1.165, 1.54) is 23.1 Å². The van der Waals surface area contributed by atoms with E-state index in [1.807, 2.05) is 0 Å². The van der Waals surface area contributed by atoms with E-state index >= 15 is 0 Å². The smallest absolute Gasteiger partial charge is 0.326 e. The first-order valence-electron chi connectivity index (χ1n) is 7.15. The van der Waals surface area contributed by atoms with Crippen molar-refractivity contribution in [1.29, 1.82) is 0 Å². The van der Waals surface area contributed by atoms with Gasteiger partial charge in [-0.25, -0.2) is 4.79 Å². The Morgan fingerprint density at radius 1 is 1.39 bits per heavy atom. The number of carboxylic acid groups (broad SMARTS) is 1. The fourth-order valence-electron chi connectivity index (χ4n) is 2.85. The molecule has 0 spiro atoms. The molecule has 1 saturated heterocycles. The normalized spacial score (nSPS) is 18.1. The van der Waals surface area contributed by atoms with Gasteiger partial charge in [0.2, 0.25) is 0 Å². The second kappa shape index (κ2) is 5.67. The molecule has 2 N–H and O–H groups in total. The molecule has 23 heavy (non-hydrogen) atoms. The topological polar surface area (TPSA) is 129 Å². The molecule has 2 heterocycles. The number of carbonyl (C=O) groups is 2. The number of carbonyl (C=O) groups excluding carboxylic acids is 1. The third kappa shape index (κ3) is 2.60. The van der Waals surface area contributed by atoms with Crippen molar-refractivity contribution in [1.82, 2.24) is 15.1 Å². The predicted octanol–water partition coefficient (Wildman–Crippen LogP) is 1.55. The van der Waals surface area contributed by atoms with Crippen LogP contribution in [0.15, 0.2) is 18.2 Å². The van der Waals surface area contributed by atoms with Gasteiger partial charge in [-0.1, -0.05) is 0 Å². The van der Waals surface area contributed by atoms with Crippen molar-refractivity contribution < 1.29 is 19.6 Å². The highest BCUT2D eigenvalue weighted by atomic mass is 16.6. The summed E-state index contributed by atoms with van der Waals surface area (Å²) in [4.78, 5) is 35.6. The third-order valence-electron chi connectivity index (χ3n) is 4.01. The fraction of sp³-hybridized carbons (Fsp3) is 0.357. The maximum absolute atomic E-state index is 12.7. The van der Waals surface area contributed by atoms with E-state index in [9.17, 15) is 24.8 Å². The summed E-state index contributed by atoms with van der Waals surface area (Å²) in [5.74, 6) is -1.58. The first-order valence-corrected chi connectivity index (χ1v) is 7.15. The van der Waals surface area contributed by atoms with E-state index in [1.54, 1.807) is 0 Å². The zero-order valence-corrected chi connectivity index (χ0v) is 12.1. The van der Waals surface area contributed by atoms with Crippen LogP contribution in [0.2, 0.25) is 0 Å². The number of carboxylic acids is 1. The number of likely N-dealkylation sites (tertiary alicyclic amines) is 1. The minimum absolute atomic E-state index is 0.0110. The number of nitro groups is 1. The van der Waals surface area contributed by atoms with Crippen LogP contribution in [0.1, 0.15) is 29.8 Å². The summed E-state index contributed by atoms with van der Waals surface area (Å²) in [6.45, 7) is 0.332. The molecule has 2 aromatic rings. The number of H-pyrrole nitrogens is 1. The van der Waals surface area contributed by atoms with Crippen molar-refractivity contribution in [3.8, 4) is 0 Å². The summed E-state index contributed by atoms with van der Waals surface area (Å²) in [7, 11) is 0. The van der Waals surface area contributed by atoms with Crippen LogP contribution in [0.25, 0.3) is 10.9 Å². The molecule has 1 fully saturated rings. The number of non-ortho nitro benzene ring substituents is 1. The minimum atomic E-state index is -1.05. The molecule has 1 atom stereocenters. The Labute approximate surface area is 130 Å².